The lowest BCUT2D eigenvalue weighted by molar-refractivity contribution is 0.716. The van der Waals surface area contributed by atoms with Gasteiger partial charge in [0, 0.05) is 11.9 Å². The lowest BCUT2D eigenvalue weighted by atomic mass is 10.2. The first kappa shape index (κ1) is 17.7. The van der Waals surface area contributed by atoms with Crippen molar-refractivity contribution in [1.82, 2.24) is 19.7 Å². The Hall–Kier alpha value is -2.70. The van der Waals surface area contributed by atoms with Gasteiger partial charge in [0.25, 0.3) is 5.95 Å². The molecular weight excluding hydrogens is 383 g/mol. The van der Waals surface area contributed by atoms with Crippen molar-refractivity contribution in [3.8, 4) is 0 Å². The minimum Gasteiger partial charge on any atom is -0.324 e. The molecule has 4 rings (SSSR count). The number of anilines is 1. The molecule has 0 aliphatic heterocycles. The molecule has 0 aliphatic rings. The fourth-order valence-electron chi connectivity index (χ4n) is 2.96. The van der Waals surface area contributed by atoms with Crippen molar-refractivity contribution in [3.63, 3.8) is 0 Å². The standard InChI is InChI=1S/C19H16Cl2N6/c1-2-9-27-16-6-4-3-5-13(16)17-18(27)23-19(26-24-17)25-22-11-12-7-8-14(20)15(21)10-12/h3-8,10-11H,2,9H2,1H3,(H,23,25,26)/b22-11+. The van der Waals surface area contributed by atoms with Crippen molar-refractivity contribution < 1.29 is 0 Å². The molecule has 0 fully saturated rings. The van der Waals surface area contributed by atoms with E-state index in [1.165, 1.54) is 0 Å². The Balaban J connectivity index is 1.66. The summed E-state index contributed by atoms with van der Waals surface area (Å²) in [5, 5.41) is 14.7. The molecule has 0 radical (unpaired) electrons. The van der Waals surface area contributed by atoms with Gasteiger partial charge in [0.2, 0.25) is 0 Å². The summed E-state index contributed by atoms with van der Waals surface area (Å²) in [6, 6.07) is 13.4. The Morgan fingerprint density at radius 2 is 1.96 bits per heavy atom. The number of aryl methyl sites for hydroxylation is 1. The molecule has 1 N–H and O–H groups in total. The predicted molar refractivity (Wildman–Crippen MR) is 111 cm³/mol. The summed E-state index contributed by atoms with van der Waals surface area (Å²) in [7, 11) is 0. The number of aromatic nitrogens is 4. The molecule has 2 aromatic carbocycles. The molecule has 0 saturated carbocycles. The van der Waals surface area contributed by atoms with Gasteiger partial charge in [-0.2, -0.15) is 10.1 Å². The van der Waals surface area contributed by atoms with Crippen LogP contribution in [-0.2, 0) is 6.54 Å². The number of fused-ring (bicyclic) bond motifs is 3. The maximum atomic E-state index is 6.01. The SMILES string of the molecule is CCCn1c2ccccc2c2nnc(N/N=C/c3ccc(Cl)c(Cl)c3)nc21. The Kier molecular flexibility index (Phi) is 4.92. The molecule has 4 aromatic rings. The molecular formula is C19H16Cl2N6. The highest BCUT2D eigenvalue weighted by Gasteiger charge is 2.13. The highest BCUT2D eigenvalue weighted by Crippen LogP contribution is 2.26. The van der Waals surface area contributed by atoms with Crippen molar-refractivity contribution in [2.45, 2.75) is 19.9 Å². The molecule has 0 aliphatic carbocycles. The second kappa shape index (κ2) is 7.50. The van der Waals surface area contributed by atoms with E-state index in [1.54, 1.807) is 18.3 Å². The highest BCUT2D eigenvalue weighted by molar-refractivity contribution is 6.42. The molecule has 0 bridgehead atoms. The zero-order chi connectivity index (χ0) is 18.8. The van der Waals surface area contributed by atoms with Crippen molar-refractivity contribution in [2.75, 3.05) is 5.43 Å². The average Bonchev–Trinajstić information content (AvgIpc) is 2.99. The van der Waals surface area contributed by atoms with Crippen molar-refractivity contribution in [3.05, 3.63) is 58.1 Å². The van der Waals surface area contributed by atoms with E-state index in [1.807, 2.05) is 24.3 Å². The van der Waals surface area contributed by atoms with Gasteiger partial charge in [-0.15, -0.1) is 10.2 Å². The molecule has 6 nitrogen and oxygen atoms in total. The van der Waals surface area contributed by atoms with E-state index in [4.69, 9.17) is 23.2 Å². The minimum absolute atomic E-state index is 0.332. The smallest absolute Gasteiger partial charge is 0.265 e. The topological polar surface area (TPSA) is 68.0 Å². The molecule has 2 heterocycles. The number of rotatable bonds is 5. The molecule has 0 atom stereocenters. The summed E-state index contributed by atoms with van der Waals surface area (Å²) in [4.78, 5) is 4.61. The summed E-state index contributed by atoms with van der Waals surface area (Å²) in [5.41, 5.74) is 6.33. The second-order valence-corrected chi connectivity index (χ2v) is 6.83. The molecule has 0 saturated heterocycles. The molecule has 27 heavy (non-hydrogen) atoms. The largest absolute Gasteiger partial charge is 0.324 e. The van der Waals surface area contributed by atoms with Gasteiger partial charge >= 0.3 is 0 Å². The number of hydrazone groups is 1. The van der Waals surface area contributed by atoms with Gasteiger partial charge in [-0.25, -0.2) is 5.43 Å². The molecule has 136 valence electrons. The van der Waals surface area contributed by atoms with Crippen LogP contribution in [0, 0.1) is 0 Å². The molecule has 8 heteroatoms. The van der Waals surface area contributed by atoms with E-state index in [9.17, 15) is 0 Å². The van der Waals surface area contributed by atoms with Gasteiger partial charge in [-0.1, -0.05) is 54.4 Å². The molecule has 0 amide bonds. The number of benzene rings is 2. The third kappa shape index (κ3) is 3.46. The van der Waals surface area contributed by atoms with E-state index < -0.39 is 0 Å². The van der Waals surface area contributed by atoms with Crippen LogP contribution in [0.5, 0.6) is 0 Å². The fraction of sp³-hybridized carbons (Fsp3) is 0.158. The summed E-state index contributed by atoms with van der Waals surface area (Å²) in [6.45, 7) is 2.99. The van der Waals surface area contributed by atoms with Crippen molar-refractivity contribution in [1.29, 1.82) is 0 Å². The number of nitrogens with one attached hydrogen (secondary N) is 1. The molecule has 0 unspecified atom stereocenters. The first-order valence-corrected chi connectivity index (χ1v) is 9.28. The van der Waals surface area contributed by atoms with E-state index >= 15 is 0 Å². The van der Waals surface area contributed by atoms with Gasteiger partial charge < -0.3 is 4.57 Å². The van der Waals surface area contributed by atoms with Gasteiger partial charge in [0.1, 0.15) is 5.52 Å². The van der Waals surface area contributed by atoms with Crippen LogP contribution in [0.25, 0.3) is 22.1 Å². The van der Waals surface area contributed by atoms with Gasteiger partial charge in [-0.05, 0) is 30.2 Å². The Morgan fingerprint density at radius 1 is 1.11 bits per heavy atom. The van der Waals surface area contributed by atoms with E-state index in [0.29, 0.717) is 16.0 Å². The number of halogens is 2. The van der Waals surface area contributed by atoms with E-state index in [2.05, 4.69) is 43.3 Å². The number of hydrogen-bond acceptors (Lipinski definition) is 5. The van der Waals surface area contributed by atoms with E-state index in [0.717, 1.165) is 40.6 Å². The molecule has 2 aromatic heterocycles. The normalized spacial score (nSPS) is 11.7. The Bertz CT molecular complexity index is 1150. The van der Waals surface area contributed by atoms with E-state index in [-0.39, 0.29) is 0 Å². The summed E-state index contributed by atoms with van der Waals surface area (Å²) in [5.74, 6) is 0.332. The number of para-hydroxylation sites is 1. The fourth-order valence-corrected chi connectivity index (χ4v) is 3.26. The zero-order valence-electron chi connectivity index (χ0n) is 14.5. The number of hydrogen-bond donors (Lipinski definition) is 1. The third-order valence-electron chi connectivity index (χ3n) is 4.14. The number of nitrogens with zero attached hydrogens (tertiary/aromatic N) is 5. The predicted octanol–water partition coefficient (Wildman–Crippen LogP) is 5.14. The van der Waals surface area contributed by atoms with Crippen LogP contribution in [0.15, 0.2) is 47.6 Å². The van der Waals surface area contributed by atoms with Crippen LogP contribution in [0.1, 0.15) is 18.9 Å². The van der Waals surface area contributed by atoms with Crippen LogP contribution in [0.3, 0.4) is 0 Å². The quantitative estimate of drug-likeness (QED) is 0.373. The zero-order valence-corrected chi connectivity index (χ0v) is 16.0. The summed E-state index contributed by atoms with van der Waals surface area (Å²) in [6.07, 6.45) is 2.62. The maximum Gasteiger partial charge on any atom is 0.265 e. The lowest BCUT2D eigenvalue weighted by Gasteiger charge is -2.04. The van der Waals surface area contributed by atoms with Crippen LogP contribution in [0.2, 0.25) is 10.0 Å². The van der Waals surface area contributed by atoms with Gasteiger partial charge in [-0.3, -0.25) is 0 Å². The average molecular weight is 399 g/mol. The van der Waals surface area contributed by atoms with Crippen LogP contribution >= 0.6 is 23.2 Å². The highest BCUT2D eigenvalue weighted by atomic mass is 35.5. The molecule has 0 spiro atoms. The minimum atomic E-state index is 0.332. The van der Waals surface area contributed by atoms with Crippen LogP contribution in [-0.4, -0.2) is 26.0 Å². The van der Waals surface area contributed by atoms with Crippen LogP contribution < -0.4 is 5.43 Å². The van der Waals surface area contributed by atoms with Crippen LogP contribution in [0.4, 0.5) is 5.95 Å². The second-order valence-electron chi connectivity index (χ2n) is 6.02. The van der Waals surface area contributed by atoms with Gasteiger partial charge in [0.05, 0.1) is 21.8 Å². The van der Waals surface area contributed by atoms with Crippen molar-refractivity contribution in [2.24, 2.45) is 5.10 Å². The Labute approximate surface area is 165 Å². The van der Waals surface area contributed by atoms with Crippen molar-refractivity contribution >= 4 is 57.4 Å². The third-order valence-corrected chi connectivity index (χ3v) is 4.88. The first-order chi connectivity index (χ1) is 13.2. The Morgan fingerprint density at radius 3 is 2.78 bits per heavy atom. The first-order valence-electron chi connectivity index (χ1n) is 8.53. The lowest BCUT2D eigenvalue weighted by Crippen LogP contribution is -2.03. The summed E-state index contributed by atoms with van der Waals surface area (Å²) < 4.78 is 2.16. The van der Waals surface area contributed by atoms with Gasteiger partial charge in [0.15, 0.2) is 5.65 Å². The monoisotopic (exact) mass is 398 g/mol. The maximum absolute atomic E-state index is 6.01. The summed E-state index contributed by atoms with van der Waals surface area (Å²) >= 11 is 11.9.